The zero-order chi connectivity index (χ0) is 25.5. The van der Waals surface area contributed by atoms with Crippen LogP contribution in [0, 0.1) is 0 Å². The summed E-state index contributed by atoms with van der Waals surface area (Å²) in [6.45, 7) is 10.3. The number of anilines is 2. The first kappa shape index (κ1) is 25.4. The molecule has 37 heavy (non-hydrogen) atoms. The van der Waals surface area contributed by atoms with Crippen LogP contribution in [0.25, 0.3) is 5.57 Å². The van der Waals surface area contributed by atoms with Crippen molar-refractivity contribution in [3.05, 3.63) is 36.2 Å². The molecule has 1 aromatic carbocycles. The maximum absolute atomic E-state index is 6.54. The molecule has 2 fully saturated rings. The quantitative estimate of drug-likeness (QED) is 0.507. The standard InChI is InChI=1S/C28H36N6O3/c1-3-30-25-16-23(34-10-14-36-15-11-34)17-26(27(25)29-2)37-24-6-4-22(5-7-24)33-28-31-18-21(19-32-28)20-8-12-35-13-9-20/h3,8,16-19,22,24H,2,4-7,9-15H2,1H3,(H,31,32,33)/b30-3-/t22-,24+. The fraction of sp³-hybridized carbons (Fsp3) is 0.500. The van der Waals surface area contributed by atoms with Crippen LogP contribution in [0.15, 0.2) is 40.6 Å². The Labute approximate surface area is 218 Å². The lowest BCUT2D eigenvalue weighted by Crippen LogP contribution is -2.36. The summed E-state index contributed by atoms with van der Waals surface area (Å²) >= 11 is 0. The molecule has 1 N–H and O–H groups in total. The van der Waals surface area contributed by atoms with Gasteiger partial charge in [0.1, 0.15) is 11.4 Å². The molecule has 0 bridgehead atoms. The molecule has 2 aliphatic heterocycles. The molecule has 5 rings (SSSR count). The van der Waals surface area contributed by atoms with Crippen LogP contribution in [0.1, 0.15) is 44.6 Å². The van der Waals surface area contributed by atoms with Crippen molar-refractivity contribution in [2.45, 2.75) is 51.2 Å². The monoisotopic (exact) mass is 504 g/mol. The third-order valence-electron chi connectivity index (χ3n) is 7.13. The van der Waals surface area contributed by atoms with Crippen molar-refractivity contribution in [2.24, 2.45) is 9.98 Å². The summed E-state index contributed by atoms with van der Waals surface area (Å²) in [4.78, 5) is 20.3. The summed E-state index contributed by atoms with van der Waals surface area (Å²) in [6, 6.07) is 4.47. The number of ether oxygens (including phenoxy) is 3. The van der Waals surface area contributed by atoms with Gasteiger partial charge in [0.05, 0.1) is 38.2 Å². The van der Waals surface area contributed by atoms with Crippen LogP contribution in [0.2, 0.25) is 0 Å². The average Bonchev–Trinajstić information content (AvgIpc) is 2.95. The minimum Gasteiger partial charge on any atom is -0.488 e. The molecule has 3 aliphatic rings. The summed E-state index contributed by atoms with van der Waals surface area (Å²) in [5.41, 5.74) is 4.89. The predicted molar refractivity (Wildman–Crippen MR) is 148 cm³/mol. The van der Waals surface area contributed by atoms with E-state index in [0.717, 1.165) is 87.7 Å². The molecule has 3 heterocycles. The normalized spacial score (nSPS) is 22.5. The lowest BCUT2D eigenvalue weighted by Gasteiger charge is -2.32. The second-order valence-electron chi connectivity index (χ2n) is 9.54. The highest BCUT2D eigenvalue weighted by Crippen LogP contribution is 2.43. The van der Waals surface area contributed by atoms with E-state index in [1.165, 1.54) is 5.57 Å². The lowest BCUT2D eigenvalue weighted by atomic mass is 9.93. The number of nitrogens with zero attached hydrogens (tertiary/aromatic N) is 5. The molecule has 1 aromatic heterocycles. The molecule has 1 saturated heterocycles. The van der Waals surface area contributed by atoms with Gasteiger partial charge in [0.15, 0.2) is 0 Å². The van der Waals surface area contributed by atoms with Gasteiger partial charge in [-0.25, -0.2) is 9.97 Å². The number of aromatic nitrogens is 2. The molecule has 9 nitrogen and oxygen atoms in total. The van der Waals surface area contributed by atoms with Gasteiger partial charge in [0.25, 0.3) is 0 Å². The summed E-state index contributed by atoms with van der Waals surface area (Å²) in [5.74, 6) is 1.43. The Morgan fingerprint density at radius 2 is 1.86 bits per heavy atom. The van der Waals surface area contributed by atoms with Crippen LogP contribution in [0.5, 0.6) is 5.75 Å². The lowest BCUT2D eigenvalue weighted by molar-refractivity contribution is 0.122. The Morgan fingerprint density at radius 3 is 2.54 bits per heavy atom. The van der Waals surface area contributed by atoms with Crippen molar-refractivity contribution in [3.8, 4) is 5.75 Å². The third kappa shape index (κ3) is 6.34. The summed E-state index contributed by atoms with van der Waals surface area (Å²) in [5, 5.41) is 3.51. The van der Waals surface area contributed by atoms with Gasteiger partial charge in [0.2, 0.25) is 5.95 Å². The minimum absolute atomic E-state index is 0.112. The van der Waals surface area contributed by atoms with E-state index >= 15 is 0 Å². The zero-order valence-corrected chi connectivity index (χ0v) is 21.6. The van der Waals surface area contributed by atoms with Gasteiger partial charge >= 0.3 is 0 Å². The highest BCUT2D eigenvalue weighted by atomic mass is 16.5. The summed E-state index contributed by atoms with van der Waals surface area (Å²) in [7, 11) is 0. The molecular formula is C28H36N6O3. The first-order valence-electron chi connectivity index (χ1n) is 13.2. The van der Waals surface area contributed by atoms with E-state index in [1.807, 2.05) is 19.3 Å². The maximum Gasteiger partial charge on any atom is 0.222 e. The zero-order valence-electron chi connectivity index (χ0n) is 21.6. The van der Waals surface area contributed by atoms with E-state index in [0.29, 0.717) is 24.3 Å². The fourth-order valence-electron chi connectivity index (χ4n) is 5.11. The molecular weight excluding hydrogens is 468 g/mol. The number of hydrogen-bond acceptors (Lipinski definition) is 9. The van der Waals surface area contributed by atoms with Crippen molar-refractivity contribution < 1.29 is 14.2 Å². The van der Waals surface area contributed by atoms with Gasteiger partial charge < -0.3 is 24.4 Å². The molecule has 1 saturated carbocycles. The molecule has 0 unspecified atom stereocenters. The highest BCUT2D eigenvalue weighted by Gasteiger charge is 2.25. The number of nitrogens with one attached hydrogen (secondary N) is 1. The van der Waals surface area contributed by atoms with Crippen LogP contribution in [-0.2, 0) is 9.47 Å². The molecule has 0 spiro atoms. The van der Waals surface area contributed by atoms with Crippen LogP contribution < -0.4 is 15.0 Å². The van der Waals surface area contributed by atoms with E-state index in [1.54, 1.807) is 6.21 Å². The molecule has 0 amide bonds. The van der Waals surface area contributed by atoms with Crippen molar-refractivity contribution >= 4 is 41.5 Å². The second-order valence-corrected chi connectivity index (χ2v) is 9.54. The van der Waals surface area contributed by atoms with Crippen LogP contribution in [0.3, 0.4) is 0 Å². The smallest absolute Gasteiger partial charge is 0.222 e. The third-order valence-corrected chi connectivity index (χ3v) is 7.13. The highest BCUT2D eigenvalue weighted by molar-refractivity contribution is 5.80. The molecule has 0 radical (unpaired) electrons. The number of aliphatic imine (C=N–C) groups is 2. The first-order chi connectivity index (χ1) is 18.2. The van der Waals surface area contributed by atoms with Crippen molar-refractivity contribution in [1.82, 2.24) is 9.97 Å². The van der Waals surface area contributed by atoms with E-state index in [4.69, 9.17) is 14.2 Å². The second kappa shape index (κ2) is 12.3. The Kier molecular flexibility index (Phi) is 8.42. The van der Waals surface area contributed by atoms with Gasteiger partial charge in [-0.05, 0) is 57.4 Å². The summed E-state index contributed by atoms with van der Waals surface area (Å²) in [6.07, 6.45) is 12.6. The Hall–Kier alpha value is -3.30. The van der Waals surface area contributed by atoms with Gasteiger partial charge in [-0.3, -0.25) is 9.98 Å². The maximum atomic E-state index is 6.54. The predicted octanol–water partition coefficient (Wildman–Crippen LogP) is 4.97. The SMILES string of the molecule is C=Nc1c(/N=C\C)cc(N2CCOCC2)cc1O[C@H]1CC[C@@H](Nc2ncc(C3=CCOCC3)cn2)CC1. The summed E-state index contributed by atoms with van der Waals surface area (Å²) < 4.78 is 17.5. The van der Waals surface area contributed by atoms with Gasteiger partial charge in [-0.2, -0.15) is 0 Å². The van der Waals surface area contributed by atoms with Crippen molar-refractivity contribution in [1.29, 1.82) is 0 Å². The van der Waals surface area contributed by atoms with Crippen molar-refractivity contribution in [2.75, 3.05) is 49.7 Å². The van der Waals surface area contributed by atoms with E-state index in [-0.39, 0.29) is 6.10 Å². The molecule has 196 valence electrons. The van der Waals surface area contributed by atoms with E-state index in [9.17, 15) is 0 Å². The molecule has 2 aromatic rings. The number of rotatable bonds is 8. The topological polar surface area (TPSA) is 93.5 Å². The van der Waals surface area contributed by atoms with Crippen LogP contribution in [0.4, 0.5) is 23.0 Å². The molecule has 0 atom stereocenters. The van der Waals surface area contributed by atoms with Crippen molar-refractivity contribution in [3.63, 3.8) is 0 Å². The number of morpholine rings is 1. The number of hydrogen-bond donors (Lipinski definition) is 1. The minimum atomic E-state index is 0.112. The van der Waals surface area contributed by atoms with Gasteiger partial charge in [-0.15, -0.1) is 0 Å². The van der Waals surface area contributed by atoms with Crippen LogP contribution >= 0.6 is 0 Å². The van der Waals surface area contributed by atoms with Gasteiger partial charge in [-0.1, -0.05) is 6.08 Å². The Balaban J connectivity index is 1.21. The average molecular weight is 505 g/mol. The Bertz CT molecular complexity index is 1120. The van der Waals surface area contributed by atoms with E-state index in [2.05, 4.69) is 55.1 Å². The molecule has 1 aliphatic carbocycles. The van der Waals surface area contributed by atoms with Crippen LogP contribution in [-0.4, -0.2) is 74.6 Å². The first-order valence-corrected chi connectivity index (χ1v) is 13.2. The Morgan fingerprint density at radius 1 is 1.08 bits per heavy atom. The van der Waals surface area contributed by atoms with Gasteiger partial charge in [0, 0.05) is 55.1 Å². The van der Waals surface area contributed by atoms with E-state index < -0.39 is 0 Å². The number of benzene rings is 1. The molecule has 9 heteroatoms. The fourth-order valence-corrected chi connectivity index (χ4v) is 5.11. The largest absolute Gasteiger partial charge is 0.488 e.